The fourth-order valence-corrected chi connectivity index (χ4v) is 6.16. The lowest BCUT2D eigenvalue weighted by molar-refractivity contribution is 0.0704. The molecule has 0 saturated carbocycles. The van der Waals surface area contributed by atoms with Crippen LogP contribution in [0.3, 0.4) is 0 Å². The first-order valence-electron chi connectivity index (χ1n) is 10.7. The van der Waals surface area contributed by atoms with E-state index in [1.165, 1.54) is 0 Å². The molecular weight excluding hydrogens is 470 g/mol. The summed E-state index contributed by atoms with van der Waals surface area (Å²) in [6, 6.07) is 21.8. The van der Waals surface area contributed by atoms with E-state index in [1.807, 2.05) is 73.3 Å². The summed E-state index contributed by atoms with van der Waals surface area (Å²) in [6.07, 6.45) is 0. The molecule has 3 aromatic carbocycles. The average molecular weight is 494 g/mol. The lowest BCUT2D eigenvalue weighted by Crippen LogP contribution is -2.46. The van der Waals surface area contributed by atoms with Gasteiger partial charge in [0.2, 0.25) is 0 Å². The summed E-state index contributed by atoms with van der Waals surface area (Å²) in [5, 5.41) is 10.1. The van der Waals surface area contributed by atoms with Crippen molar-refractivity contribution in [2.24, 2.45) is 0 Å². The van der Waals surface area contributed by atoms with Gasteiger partial charge in [-0.2, -0.15) is 5.26 Å². The number of hydrogen-bond donors (Lipinski definition) is 0. The average Bonchev–Trinajstić information content (AvgIpc) is 2.80. The van der Waals surface area contributed by atoms with E-state index in [9.17, 15) is 10.1 Å². The first-order valence-corrected chi connectivity index (χ1v) is 12.7. The van der Waals surface area contributed by atoms with Crippen LogP contribution in [-0.4, -0.2) is 41.3 Å². The van der Waals surface area contributed by atoms with Gasteiger partial charge in [0.1, 0.15) is 0 Å². The zero-order valence-corrected chi connectivity index (χ0v) is 20.9. The third kappa shape index (κ3) is 6.13. The Morgan fingerprint density at radius 2 is 1.64 bits per heavy atom. The molecule has 168 valence electrons. The van der Waals surface area contributed by atoms with Crippen molar-refractivity contribution in [2.75, 3.05) is 26.2 Å². The van der Waals surface area contributed by atoms with Crippen LogP contribution in [0.15, 0.2) is 75.4 Å². The highest BCUT2D eigenvalue weighted by Crippen LogP contribution is 2.39. The molecule has 0 aliphatic carbocycles. The van der Waals surface area contributed by atoms with Crippen LogP contribution < -0.4 is 0 Å². The summed E-state index contributed by atoms with van der Waals surface area (Å²) in [4.78, 5) is 17.9. The maximum absolute atomic E-state index is 12.8. The molecule has 3 aromatic rings. The maximum atomic E-state index is 12.8. The third-order valence-electron chi connectivity index (χ3n) is 5.37. The van der Waals surface area contributed by atoms with Crippen molar-refractivity contribution in [1.82, 2.24) is 9.21 Å². The SMILES string of the molecule is Cc1ccc(C(=O)N2CCN(Sc3cc(C#N)ccc3Sc3cc(C)cc(Cl)c3)CC2)cc1. The molecule has 1 amide bonds. The Hall–Kier alpha value is -2.43. The van der Waals surface area contributed by atoms with Gasteiger partial charge in [0.25, 0.3) is 5.91 Å². The topological polar surface area (TPSA) is 47.3 Å². The highest BCUT2D eigenvalue weighted by Gasteiger charge is 2.23. The van der Waals surface area contributed by atoms with Gasteiger partial charge in [0, 0.05) is 51.5 Å². The van der Waals surface area contributed by atoms with Crippen molar-refractivity contribution in [3.63, 3.8) is 0 Å². The molecule has 33 heavy (non-hydrogen) atoms. The second-order valence-corrected chi connectivity index (χ2v) is 10.7. The number of nitriles is 1. The molecule has 1 fully saturated rings. The summed E-state index contributed by atoms with van der Waals surface area (Å²) in [5.41, 5.74) is 3.63. The molecule has 0 radical (unpaired) electrons. The van der Waals surface area contributed by atoms with E-state index in [1.54, 1.807) is 23.7 Å². The smallest absolute Gasteiger partial charge is 0.253 e. The predicted octanol–water partition coefficient (Wildman–Crippen LogP) is 6.44. The Bertz CT molecular complexity index is 1180. The Labute approximate surface area is 208 Å². The maximum Gasteiger partial charge on any atom is 0.253 e. The number of benzene rings is 3. The van der Waals surface area contributed by atoms with Gasteiger partial charge in [-0.15, -0.1) is 0 Å². The fraction of sp³-hybridized carbons (Fsp3) is 0.231. The normalized spacial score (nSPS) is 14.2. The number of rotatable bonds is 5. The summed E-state index contributed by atoms with van der Waals surface area (Å²) in [5.74, 6) is 0.0821. The molecule has 4 nitrogen and oxygen atoms in total. The van der Waals surface area contributed by atoms with Crippen molar-refractivity contribution in [3.8, 4) is 6.07 Å². The van der Waals surface area contributed by atoms with E-state index in [-0.39, 0.29) is 5.91 Å². The highest BCUT2D eigenvalue weighted by atomic mass is 35.5. The summed E-state index contributed by atoms with van der Waals surface area (Å²) >= 11 is 9.55. The van der Waals surface area contributed by atoms with E-state index in [0.29, 0.717) is 18.7 Å². The van der Waals surface area contributed by atoms with E-state index in [2.05, 4.69) is 16.4 Å². The summed E-state index contributed by atoms with van der Waals surface area (Å²) in [7, 11) is 0. The first-order chi connectivity index (χ1) is 15.9. The van der Waals surface area contributed by atoms with Gasteiger partial charge >= 0.3 is 0 Å². The first kappa shape index (κ1) is 23.7. The predicted molar refractivity (Wildman–Crippen MR) is 136 cm³/mol. The number of carbonyl (C=O) groups excluding carboxylic acids is 1. The molecule has 4 rings (SSSR count). The standard InChI is InChI=1S/C26H24ClN3OS2/c1-18-3-6-21(7-4-18)26(31)29-9-11-30(12-10-29)33-25-15-20(17-28)5-8-24(25)32-23-14-19(2)13-22(27)16-23/h3-8,13-16H,9-12H2,1-2H3. The number of carbonyl (C=O) groups is 1. The lowest BCUT2D eigenvalue weighted by atomic mass is 10.1. The summed E-state index contributed by atoms with van der Waals surface area (Å²) in [6.45, 7) is 6.92. The van der Waals surface area contributed by atoms with Crippen molar-refractivity contribution in [1.29, 1.82) is 5.26 Å². The fourth-order valence-electron chi connectivity index (χ4n) is 3.62. The van der Waals surface area contributed by atoms with E-state index in [4.69, 9.17) is 11.6 Å². The number of nitrogens with zero attached hydrogens (tertiary/aromatic N) is 3. The van der Waals surface area contributed by atoms with E-state index in [0.717, 1.165) is 49.5 Å². The molecule has 1 aliphatic heterocycles. The molecule has 0 bridgehead atoms. The molecular formula is C26H24ClN3OS2. The van der Waals surface area contributed by atoms with Crippen LogP contribution in [0, 0.1) is 25.2 Å². The number of hydrogen-bond acceptors (Lipinski definition) is 5. The van der Waals surface area contributed by atoms with Crippen LogP contribution in [-0.2, 0) is 0 Å². The minimum Gasteiger partial charge on any atom is -0.336 e. The molecule has 0 atom stereocenters. The Balaban J connectivity index is 1.45. The quantitative estimate of drug-likeness (QED) is 0.382. The van der Waals surface area contributed by atoms with Gasteiger partial charge in [-0.1, -0.05) is 41.1 Å². The van der Waals surface area contributed by atoms with Crippen LogP contribution in [0.25, 0.3) is 0 Å². The lowest BCUT2D eigenvalue weighted by Gasteiger charge is -2.34. The third-order valence-corrected chi connectivity index (χ3v) is 7.92. The Morgan fingerprint density at radius 3 is 2.30 bits per heavy atom. The van der Waals surface area contributed by atoms with Crippen molar-refractivity contribution >= 4 is 41.2 Å². The zero-order chi connectivity index (χ0) is 23.4. The molecule has 1 saturated heterocycles. The van der Waals surface area contributed by atoms with Crippen LogP contribution >= 0.6 is 35.3 Å². The minimum atomic E-state index is 0.0821. The van der Waals surface area contributed by atoms with Crippen LogP contribution in [0.2, 0.25) is 5.02 Å². The number of amides is 1. The van der Waals surface area contributed by atoms with Gasteiger partial charge in [-0.05, 0) is 79.9 Å². The van der Waals surface area contributed by atoms with Gasteiger partial charge in [0.05, 0.1) is 11.6 Å². The largest absolute Gasteiger partial charge is 0.336 e. The second kappa shape index (κ2) is 10.7. The summed E-state index contributed by atoms with van der Waals surface area (Å²) < 4.78 is 2.27. The van der Waals surface area contributed by atoms with Gasteiger partial charge in [-0.3, -0.25) is 4.79 Å². The molecule has 7 heteroatoms. The van der Waals surface area contributed by atoms with E-state index < -0.39 is 0 Å². The molecule has 0 aromatic heterocycles. The number of aryl methyl sites for hydroxylation is 2. The van der Waals surface area contributed by atoms with Crippen LogP contribution in [0.1, 0.15) is 27.0 Å². The number of piperazine rings is 1. The number of halogens is 1. The molecule has 1 heterocycles. The van der Waals surface area contributed by atoms with Crippen molar-refractivity contribution in [2.45, 2.75) is 28.5 Å². The molecule has 0 unspecified atom stereocenters. The molecule has 1 aliphatic rings. The van der Waals surface area contributed by atoms with Crippen molar-refractivity contribution in [3.05, 3.63) is 87.9 Å². The highest BCUT2D eigenvalue weighted by molar-refractivity contribution is 8.01. The van der Waals surface area contributed by atoms with Crippen molar-refractivity contribution < 1.29 is 4.79 Å². The van der Waals surface area contributed by atoms with Crippen LogP contribution in [0.5, 0.6) is 0 Å². The van der Waals surface area contributed by atoms with Gasteiger partial charge in [-0.25, -0.2) is 4.31 Å². The van der Waals surface area contributed by atoms with Gasteiger partial charge in [0.15, 0.2) is 0 Å². The zero-order valence-electron chi connectivity index (χ0n) is 18.5. The molecule has 0 N–H and O–H groups in total. The van der Waals surface area contributed by atoms with Crippen LogP contribution in [0.4, 0.5) is 0 Å². The van der Waals surface area contributed by atoms with E-state index >= 15 is 0 Å². The Kier molecular flexibility index (Phi) is 7.67. The second-order valence-electron chi connectivity index (χ2n) is 8.02. The van der Waals surface area contributed by atoms with Gasteiger partial charge < -0.3 is 4.90 Å². The monoisotopic (exact) mass is 493 g/mol. The Morgan fingerprint density at radius 1 is 0.909 bits per heavy atom. The minimum absolute atomic E-state index is 0.0821. The molecule has 0 spiro atoms.